The van der Waals surface area contributed by atoms with E-state index in [-0.39, 0.29) is 12.4 Å². The van der Waals surface area contributed by atoms with Crippen molar-refractivity contribution in [2.45, 2.75) is 52.5 Å². The maximum atomic E-state index is 3.07. The molecule has 3 heteroatoms. The number of hydrogen-bond donors (Lipinski definition) is 1. The second-order valence-electron chi connectivity index (χ2n) is 4.24. The summed E-state index contributed by atoms with van der Waals surface area (Å²) in [4.78, 5) is 3.07. The van der Waals surface area contributed by atoms with E-state index in [0.717, 1.165) is 12.5 Å². The zero-order valence-electron chi connectivity index (χ0n) is 9.88. The number of nitrogens with one attached hydrogen (secondary N) is 1. The number of H-pyrrole nitrogens is 1. The van der Waals surface area contributed by atoms with Gasteiger partial charge in [-0.1, -0.05) is 39.5 Å². The molecule has 15 heavy (non-hydrogen) atoms. The van der Waals surface area contributed by atoms with E-state index < -0.39 is 0 Å². The second kappa shape index (κ2) is 8.78. The highest BCUT2D eigenvalue weighted by Crippen LogP contribution is 2.12. The van der Waals surface area contributed by atoms with Gasteiger partial charge in [0, 0.05) is 0 Å². The van der Waals surface area contributed by atoms with Gasteiger partial charge in [-0.25, -0.2) is 4.57 Å². The lowest BCUT2D eigenvalue weighted by Crippen LogP contribution is -3.00. The molecule has 0 bridgehead atoms. The Balaban J connectivity index is 0.00000196. The van der Waals surface area contributed by atoms with Gasteiger partial charge in [0.2, 0.25) is 6.33 Å². The number of halogens is 1. The third kappa shape index (κ3) is 6.56. The van der Waals surface area contributed by atoms with Crippen LogP contribution in [0.4, 0.5) is 0 Å². The summed E-state index contributed by atoms with van der Waals surface area (Å²) in [7, 11) is 0. The fourth-order valence-corrected chi connectivity index (χ4v) is 1.72. The van der Waals surface area contributed by atoms with Crippen LogP contribution in [0.5, 0.6) is 0 Å². The predicted molar refractivity (Wildman–Crippen MR) is 58.9 cm³/mol. The lowest BCUT2D eigenvalue weighted by atomic mass is 10.00. The molecule has 1 heterocycles. The third-order valence-electron chi connectivity index (χ3n) is 2.78. The van der Waals surface area contributed by atoms with Gasteiger partial charge in [-0.2, -0.15) is 0 Å². The predicted octanol–water partition coefficient (Wildman–Crippen LogP) is -0.0873. The van der Waals surface area contributed by atoms with Crippen LogP contribution in [0.3, 0.4) is 0 Å². The van der Waals surface area contributed by atoms with Crippen molar-refractivity contribution >= 4 is 0 Å². The standard InChI is InChI=1S/C12H22N2.ClH/c1-3-4-5-6-12(2)7-9-14-10-8-13-11-14;/h8,10-12H,3-7,9H2,1-2H3;1H. The van der Waals surface area contributed by atoms with Gasteiger partial charge in [-0.15, -0.1) is 0 Å². The van der Waals surface area contributed by atoms with Gasteiger partial charge < -0.3 is 12.4 Å². The SMILES string of the molecule is CCCCCC(C)CC[n+]1cc[nH]c1.[Cl-]. The van der Waals surface area contributed by atoms with Crippen LogP contribution < -0.4 is 17.0 Å². The van der Waals surface area contributed by atoms with E-state index in [2.05, 4.69) is 29.6 Å². The highest BCUT2D eigenvalue weighted by atomic mass is 35.5. The molecule has 0 aliphatic carbocycles. The maximum Gasteiger partial charge on any atom is 0.241 e. The Hall–Kier alpha value is -0.500. The van der Waals surface area contributed by atoms with Gasteiger partial charge in [0.1, 0.15) is 12.4 Å². The second-order valence-corrected chi connectivity index (χ2v) is 4.24. The molecule has 0 aliphatic heterocycles. The topological polar surface area (TPSA) is 19.7 Å². The summed E-state index contributed by atoms with van der Waals surface area (Å²) in [6.45, 7) is 5.78. The van der Waals surface area contributed by atoms with Crippen molar-refractivity contribution < 1.29 is 17.0 Å². The van der Waals surface area contributed by atoms with E-state index >= 15 is 0 Å². The molecule has 0 amide bonds. The van der Waals surface area contributed by atoms with Crippen molar-refractivity contribution in [3.63, 3.8) is 0 Å². The van der Waals surface area contributed by atoms with Crippen LogP contribution in [0.15, 0.2) is 18.7 Å². The average Bonchev–Trinajstić information content (AvgIpc) is 2.68. The number of aromatic amines is 1. The van der Waals surface area contributed by atoms with Gasteiger partial charge in [0.25, 0.3) is 0 Å². The molecular formula is C12H23ClN2. The Morgan fingerprint density at radius 3 is 2.67 bits per heavy atom. The first-order chi connectivity index (χ1) is 6.83. The van der Waals surface area contributed by atoms with E-state index in [9.17, 15) is 0 Å². The molecule has 0 saturated heterocycles. The van der Waals surface area contributed by atoms with Crippen molar-refractivity contribution in [2.75, 3.05) is 0 Å². The van der Waals surface area contributed by atoms with E-state index in [0.29, 0.717) is 0 Å². The van der Waals surface area contributed by atoms with Crippen LogP contribution in [-0.4, -0.2) is 4.98 Å². The molecule has 0 spiro atoms. The molecule has 1 aromatic heterocycles. The Labute approximate surface area is 99.5 Å². The molecule has 2 nitrogen and oxygen atoms in total. The Kier molecular flexibility index (Phi) is 8.49. The molecule has 1 N–H and O–H groups in total. The molecule has 0 radical (unpaired) electrons. The van der Waals surface area contributed by atoms with Crippen LogP contribution >= 0.6 is 0 Å². The number of rotatable bonds is 7. The summed E-state index contributed by atoms with van der Waals surface area (Å²) < 4.78 is 2.22. The molecule has 1 atom stereocenters. The Bertz CT molecular complexity index is 222. The molecule has 1 aromatic rings. The van der Waals surface area contributed by atoms with E-state index in [1.54, 1.807) is 0 Å². The molecule has 0 saturated carbocycles. The molecule has 88 valence electrons. The molecule has 0 aromatic carbocycles. The summed E-state index contributed by atoms with van der Waals surface area (Å²) in [5.74, 6) is 0.865. The van der Waals surface area contributed by atoms with Crippen molar-refractivity contribution in [1.82, 2.24) is 4.98 Å². The van der Waals surface area contributed by atoms with Crippen molar-refractivity contribution in [2.24, 2.45) is 5.92 Å². The number of unbranched alkanes of at least 4 members (excludes halogenated alkanes) is 2. The Morgan fingerprint density at radius 2 is 2.07 bits per heavy atom. The van der Waals surface area contributed by atoms with Gasteiger partial charge >= 0.3 is 0 Å². The van der Waals surface area contributed by atoms with Gasteiger partial charge in [0.15, 0.2) is 0 Å². The lowest BCUT2D eigenvalue weighted by molar-refractivity contribution is -0.696. The van der Waals surface area contributed by atoms with Crippen LogP contribution in [0.1, 0.15) is 46.0 Å². The fraction of sp³-hybridized carbons (Fsp3) is 0.750. The molecule has 1 rings (SSSR count). The minimum Gasteiger partial charge on any atom is -1.00 e. The number of aromatic nitrogens is 2. The summed E-state index contributed by atoms with van der Waals surface area (Å²) in [5.41, 5.74) is 0. The van der Waals surface area contributed by atoms with Gasteiger partial charge in [-0.05, 0) is 12.3 Å². The molecular weight excluding hydrogens is 208 g/mol. The Morgan fingerprint density at radius 1 is 1.27 bits per heavy atom. The minimum atomic E-state index is 0. The first-order valence-electron chi connectivity index (χ1n) is 5.84. The fourth-order valence-electron chi connectivity index (χ4n) is 1.72. The van der Waals surface area contributed by atoms with E-state index in [4.69, 9.17) is 0 Å². The lowest BCUT2D eigenvalue weighted by Gasteiger charge is -2.08. The van der Waals surface area contributed by atoms with Crippen molar-refractivity contribution in [3.8, 4) is 0 Å². The number of hydrogen-bond acceptors (Lipinski definition) is 0. The van der Waals surface area contributed by atoms with E-state index in [1.807, 2.05) is 12.5 Å². The molecule has 1 unspecified atom stereocenters. The maximum absolute atomic E-state index is 3.07. The summed E-state index contributed by atoms with van der Waals surface area (Å²) >= 11 is 0. The highest BCUT2D eigenvalue weighted by Gasteiger charge is 2.04. The summed E-state index contributed by atoms with van der Waals surface area (Å²) in [6, 6.07) is 0. The van der Waals surface area contributed by atoms with Crippen LogP contribution in [-0.2, 0) is 6.54 Å². The van der Waals surface area contributed by atoms with Gasteiger partial charge in [-0.3, -0.25) is 4.98 Å². The largest absolute Gasteiger partial charge is 1.00 e. The number of aryl methyl sites for hydroxylation is 1. The summed E-state index contributed by atoms with van der Waals surface area (Å²) in [6.07, 6.45) is 12.9. The number of nitrogens with zero attached hydrogens (tertiary/aromatic N) is 1. The monoisotopic (exact) mass is 230 g/mol. The van der Waals surface area contributed by atoms with Crippen LogP contribution in [0.2, 0.25) is 0 Å². The molecule has 0 fully saturated rings. The normalized spacial score (nSPS) is 12.1. The molecule has 0 aliphatic rings. The average molecular weight is 231 g/mol. The smallest absolute Gasteiger partial charge is 0.241 e. The van der Waals surface area contributed by atoms with Crippen LogP contribution in [0.25, 0.3) is 0 Å². The zero-order valence-corrected chi connectivity index (χ0v) is 10.6. The van der Waals surface area contributed by atoms with Crippen molar-refractivity contribution in [1.29, 1.82) is 0 Å². The summed E-state index contributed by atoms with van der Waals surface area (Å²) in [5, 5.41) is 0. The minimum absolute atomic E-state index is 0. The van der Waals surface area contributed by atoms with Gasteiger partial charge in [0.05, 0.1) is 6.54 Å². The highest BCUT2D eigenvalue weighted by molar-refractivity contribution is 4.56. The zero-order chi connectivity index (χ0) is 10.2. The van der Waals surface area contributed by atoms with Crippen LogP contribution in [0, 0.1) is 5.92 Å². The van der Waals surface area contributed by atoms with E-state index in [1.165, 1.54) is 32.1 Å². The van der Waals surface area contributed by atoms with Crippen molar-refractivity contribution in [3.05, 3.63) is 18.7 Å². The first-order valence-corrected chi connectivity index (χ1v) is 5.84. The number of imidazole rings is 1. The first kappa shape index (κ1) is 14.5. The third-order valence-corrected chi connectivity index (χ3v) is 2.78. The quantitative estimate of drug-likeness (QED) is 0.499.